The number of halogens is 4. The maximum atomic E-state index is 12.3. The molecular formula is C10H13ClF3N3OS. The topological polar surface area (TPSA) is 68.0 Å². The number of aromatic nitrogens is 1. The number of amides is 1. The number of nitrogens with two attached hydrogens (primary N) is 1. The van der Waals surface area contributed by atoms with Crippen molar-refractivity contribution in [3.05, 3.63) is 23.9 Å². The van der Waals surface area contributed by atoms with Gasteiger partial charge in [0.05, 0.1) is 5.56 Å². The van der Waals surface area contributed by atoms with Gasteiger partial charge in [0.1, 0.15) is 5.03 Å². The standard InChI is InChI=1S/C10H12F3N3OS.ClH/c11-10(12,13)18-9-7(3-1-5-16-9)8(17)15-6-2-4-14;/h1,3,5H,2,4,6,14H2,(H,15,17);1H. The quantitative estimate of drug-likeness (QED) is 0.645. The molecule has 9 heteroatoms. The van der Waals surface area contributed by atoms with Gasteiger partial charge in [-0.2, -0.15) is 13.2 Å². The Labute approximate surface area is 118 Å². The van der Waals surface area contributed by atoms with Crippen molar-refractivity contribution in [1.82, 2.24) is 10.3 Å². The summed E-state index contributed by atoms with van der Waals surface area (Å²) in [5.41, 5.74) is 0.692. The Bertz CT molecular complexity index is 417. The first-order valence-electron chi connectivity index (χ1n) is 5.13. The second-order valence-electron chi connectivity index (χ2n) is 3.30. The number of nitrogens with one attached hydrogen (secondary N) is 1. The number of pyridine rings is 1. The van der Waals surface area contributed by atoms with Gasteiger partial charge in [-0.05, 0) is 25.1 Å². The molecule has 0 saturated carbocycles. The fourth-order valence-corrected chi connectivity index (χ4v) is 1.76. The maximum absolute atomic E-state index is 12.3. The highest BCUT2D eigenvalue weighted by molar-refractivity contribution is 8.00. The van der Waals surface area contributed by atoms with Gasteiger partial charge in [-0.15, -0.1) is 12.4 Å². The van der Waals surface area contributed by atoms with Gasteiger partial charge in [0.15, 0.2) is 0 Å². The lowest BCUT2D eigenvalue weighted by atomic mass is 10.2. The molecule has 0 aliphatic heterocycles. The van der Waals surface area contributed by atoms with Crippen LogP contribution in [0.5, 0.6) is 0 Å². The summed E-state index contributed by atoms with van der Waals surface area (Å²) in [5, 5.41) is 2.13. The van der Waals surface area contributed by atoms with Crippen LogP contribution in [-0.4, -0.2) is 29.5 Å². The molecule has 1 heterocycles. The molecule has 0 atom stereocenters. The van der Waals surface area contributed by atoms with E-state index < -0.39 is 23.2 Å². The first kappa shape index (κ1) is 18.0. The lowest BCUT2D eigenvalue weighted by molar-refractivity contribution is -0.0329. The van der Waals surface area contributed by atoms with Gasteiger partial charge in [-0.1, -0.05) is 0 Å². The molecule has 0 radical (unpaired) electrons. The average Bonchev–Trinajstić information content (AvgIpc) is 2.27. The fraction of sp³-hybridized carbons (Fsp3) is 0.400. The molecule has 1 aromatic rings. The van der Waals surface area contributed by atoms with Crippen LogP contribution in [0.25, 0.3) is 0 Å². The van der Waals surface area contributed by atoms with E-state index >= 15 is 0 Å². The van der Waals surface area contributed by atoms with E-state index in [2.05, 4.69) is 10.3 Å². The molecule has 0 fully saturated rings. The van der Waals surface area contributed by atoms with Crippen molar-refractivity contribution in [3.63, 3.8) is 0 Å². The number of rotatable bonds is 5. The Balaban J connectivity index is 0.00000324. The van der Waals surface area contributed by atoms with Crippen molar-refractivity contribution >= 4 is 30.1 Å². The van der Waals surface area contributed by atoms with Crippen LogP contribution >= 0.6 is 24.2 Å². The minimum Gasteiger partial charge on any atom is -0.352 e. The highest BCUT2D eigenvalue weighted by Crippen LogP contribution is 2.37. The maximum Gasteiger partial charge on any atom is 0.447 e. The number of alkyl halides is 3. The van der Waals surface area contributed by atoms with Crippen molar-refractivity contribution in [3.8, 4) is 0 Å². The number of hydrogen-bond acceptors (Lipinski definition) is 4. The van der Waals surface area contributed by atoms with E-state index in [1.807, 2.05) is 0 Å². The van der Waals surface area contributed by atoms with Gasteiger partial charge in [0, 0.05) is 24.5 Å². The SMILES string of the molecule is Cl.NCCCNC(=O)c1cccnc1SC(F)(F)F. The molecule has 19 heavy (non-hydrogen) atoms. The van der Waals surface area contributed by atoms with E-state index in [1.165, 1.54) is 18.3 Å². The van der Waals surface area contributed by atoms with Crippen LogP contribution in [0.15, 0.2) is 23.4 Å². The van der Waals surface area contributed by atoms with Gasteiger partial charge in [-0.25, -0.2) is 4.98 Å². The van der Waals surface area contributed by atoms with Gasteiger partial charge >= 0.3 is 5.51 Å². The lowest BCUT2D eigenvalue weighted by Crippen LogP contribution is -2.26. The Morgan fingerprint density at radius 1 is 1.47 bits per heavy atom. The first-order chi connectivity index (χ1) is 8.44. The first-order valence-corrected chi connectivity index (χ1v) is 5.94. The zero-order chi connectivity index (χ0) is 13.6. The van der Waals surface area contributed by atoms with E-state index in [1.54, 1.807) is 0 Å². The second kappa shape index (κ2) is 8.23. The number of nitrogens with zero attached hydrogens (tertiary/aromatic N) is 1. The predicted molar refractivity (Wildman–Crippen MR) is 69.4 cm³/mol. The van der Waals surface area contributed by atoms with Crippen LogP contribution in [-0.2, 0) is 0 Å². The van der Waals surface area contributed by atoms with Gasteiger partial charge in [-0.3, -0.25) is 4.79 Å². The summed E-state index contributed by atoms with van der Waals surface area (Å²) in [6.45, 7) is 0.720. The molecule has 0 aliphatic carbocycles. The highest BCUT2D eigenvalue weighted by Gasteiger charge is 2.32. The molecule has 0 spiro atoms. The lowest BCUT2D eigenvalue weighted by Gasteiger charge is -2.10. The zero-order valence-corrected chi connectivity index (χ0v) is 11.4. The summed E-state index contributed by atoms with van der Waals surface area (Å²) in [6.07, 6.45) is 1.78. The van der Waals surface area contributed by atoms with Crippen molar-refractivity contribution in [2.45, 2.75) is 17.0 Å². The summed E-state index contributed by atoms with van der Waals surface area (Å²) in [4.78, 5) is 15.2. The van der Waals surface area contributed by atoms with Crippen molar-refractivity contribution in [2.75, 3.05) is 13.1 Å². The molecule has 1 rings (SSSR count). The molecule has 3 N–H and O–H groups in total. The number of carbonyl (C=O) groups is 1. The Kier molecular flexibility index (Phi) is 7.81. The predicted octanol–water partition coefficient (Wildman–Crippen LogP) is 2.19. The van der Waals surface area contributed by atoms with Crippen molar-refractivity contribution < 1.29 is 18.0 Å². The van der Waals surface area contributed by atoms with E-state index in [9.17, 15) is 18.0 Å². The third-order valence-corrected chi connectivity index (χ3v) is 2.64. The number of carbonyl (C=O) groups excluding carboxylic acids is 1. The molecule has 0 saturated heterocycles. The minimum absolute atomic E-state index is 0. The highest BCUT2D eigenvalue weighted by atomic mass is 35.5. The average molecular weight is 316 g/mol. The van der Waals surface area contributed by atoms with Gasteiger partial charge in [0.2, 0.25) is 0 Å². The van der Waals surface area contributed by atoms with Crippen LogP contribution in [0.2, 0.25) is 0 Å². The van der Waals surface area contributed by atoms with Crippen LogP contribution in [0.3, 0.4) is 0 Å². The van der Waals surface area contributed by atoms with Crippen LogP contribution in [0.1, 0.15) is 16.8 Å². The zero-order valence-electron chi connectivity index (χ0n) is 9.74. The summed E-state index contributed by atoms with van der Waals surface area (Å²) < 4.78 is 36.8. The molecule has 0 bridgehead atoms. The van der Waals surface area contributed by atoms with E-state index in [4.69, 9.17) is 5.73 Å². The second-order valence-corrected chi connectivity index (χ2v) is 4.36. The summed E-state index contributed by atoms with van der Waals surface area (Å²) in [6, 6.07) is 2.72. The molecule has 1 aromatic heterocycles. The van der Waals surface area contributed by atoms with E-state index in [0.29, 0.717) is 19.5 Å². The van der Waals surface area contributed by atoms with E-state index in [0.717, 1.165) is 0 Å². The monoisotopic (exact) mass is 315 g/mol. The van der Waals surface area contributed by atoms with Crippen LogP contribution in [0, 0.1) is 0 Å². The van der Waals surface area contributed by atoms with Crippen LogP contribution < -0.4 is 11.1 Å². The molecular weight excluding hydrogens is 303 g/mol. The molecule has 1 amide bonds. The third kappa shape index (κ3) is 6.65. The number of thioether (sulfide) groups is 1. The summed E-state index contributed by atoms with van der Waals surface area (Å²) in [5.74, 6) is -0.580. The van der Waals surface area contributed by atoms with Gasteiger partial charge in [0.25, 0.3) is 5.91 Å². The van der Waals surface area contributed by atoms with E-state index in [-0.39, 0.29) is 23.0 Å². The molecule has 0 unspecified atom stereocenters. The molecule has 108 valence electrons. The third-order valence-electron chi connectivity index (χ3n) is 1.89. The Hall–Kier alpha value is -0.990. The summed E-state index contributed by atoms with van der Waals surface area (Å²) in [7, 11) is 0. The normalized spacial score (nSPS) is 10.7. The molecule has 0 aromatic carbocycles. The smallest absolute Gasteiger partial charge is 0.352 e. The molecule has 4 nitrogen and oxygen atoms in total. The fourth-order valence-electron chi connectivity index (χ4n) is 1.15. The van der Waals surface area contributed by atoms with Crippen molar-refractivity contribution in [1.29, 1.82) is 0 Å². The molecule has 0 aliphatic rings. The summed E-state index contributed by atoms with van der Waals surface area (Å²) >= 11 is -0.402. The minimum atomic E-state index is -4.47. The van der Waals surface area contributed by atoms with Crippen LogP contribution in [0.4, 0.5) is 13.2 Å². The Morgan fingerprint density at radius 2 is 2.16 bits per heavy atom. The van der Waals surface area contributed by atoms with Crippen molar-refractivity contribution in [2.24, 2.45) is 5.73 Å². The largest absolute Gasteiger partial charge is 0.447 e. The van der Waals surface area contributed by atoms with Gasteiger partial charge < -0.3 is 11.1 Å². The Morgan fingerprint density at radius 3 is 2.74 bits per heavy atom. The number of hydrogen-bond donors (Lipinski definition) is 2.